The van der Waals surface area contributed by atoms with Crippen molar-refractivity contribution in [1.29, 1.82) is 0 Å². The maximum absolute atomic E-state index is 11.8. The number of nitrogens with zero attached hydrogens (tertiary/aromatic N) is 1. The molecular formula is C11H16N2OS. The van der Waals surface area contributed by atoms with E-state index in [1.54, 1.807) is 12.4 Å². The van der Waals surface area contributed by atoms with E-state index in [4.69, 9.17) is 0 Å². The Bertz CT molecular complexity index is 323. The quantitative estimate of drug-likeness (QED) is 0.832. The third kappa shape index (κ3) is 3.39. The molecule has 0 saturated carbocycles. The van der Waals surface area contributed by atoms with Gasteiger partial charge in [0.2, 0.25) is 0 Å². The van der Waals surface area contributed by atoms with Gasteiger partial charge in [-0.15, -0.1) is 0 Å². The molecule has 0 aliphatic carbocycles. The van der Waals surface area contributed by atoms with Crippen LogP contribution in [0.25, 0.3) is 0 Å². The second kappa shape index (κ2) is 5.37. The van der Waals surface area contributed by atoms with Gasteiger partial charge in [0.15, 0.2) is 0 Å². The molecule has 0 amide bonds. The van der Waals surface area contributed by atoms with Crippen LogP contribution >= 0.6 is 0 Å². The molecule has 15 heavy (non-hydrogen) atoms. The number of nitrogens with one attached hydrogen (secondary N) is 1. The van der Waals surface area contributed by atoms with E-state index in [2.05, 4.69) is 10.3 Å². The topological polar surface area (TPSA) is 42.0 Å². The van der Waals surface area contributed by atoms with E-state index in [-0.39, 0.29) is 0 Å². The molecule has 1 saturated heterocycles. The highest BCUT2D eigenvalue weighted by atomic mass is 32.2. The molecule has 1 aromatic rings. The van der Waals surface area contributed by atoms with Crippen molar-refractivity contribution in [2.75, 3.05) is 12.3 Å². The molecule has 2 heterocycles. The lowest BCUT2D eigenvalue weighted by molar-refractivity contribution is 0.643. The Morgan fingerprint density at radius 2 is 2.53 bits per heavy atom. The molecule has 1 aromatic heterocycles. The highest BCUT2D eigenvalue weighted by molar-refractivity contribution is 7.84. The van der Waals surface area contributed by atoms with Gasteiger partial charge in [0.25, 0.3) is 0 Å². The molecule has 2 atom stereocenters. The minimum absolute atomic E-state index is 0.461. The highest BCUT2D eigenvalue weighted by Gasteiger charge is 2.16. The van der Waals surface area contributed by atoms with Gasteiger partial charge in [-0.1, -0.05) is 6.07 Å². The van der Waals surface area contributed by atoms with Crippen molar-refractivity contribution in [3.05, 3.63) is 30.1 Å². The summed E-state index contributed by atoms with van der Waals surface area (Å²) >= 11 is 0. The zero-order chi connectivity index (χ0) is 10.5. The van der Waals surface area contributed by atoms with Gasteiger partial charge in [0.05, 0.1) is 5.75 Å². The van der Waals surface area contributed by atoms with Crippen LogP contribution in [0, 0.1) is 0 Å². The van der Waals surface area contributed by atoms with Crippen LogP contribution in [0.3, 0.4) is 0 Å². The largest absolute Gasteiger partial charge is 0.313 e. The Morgan fingerprint density at radius 3 is 3.20 bits per heavy atom. The molecule has 1 N–H and O–H groups in total. The summed E-state index contributed by atoms with van der Waals surface area (Å²) in [5.74, 6) is 1.40. The molecule has 1 aliphatic heterocycles. The van der Waals surface area contributed by atoms with E-state index < -0.39 is 10.8 Å². The maximum Gasteiger partial charge on any atom is 0.0501 e. The van der Waals surface area contributed by atoms with Crippen LogP contribution in [0.1, 0.15) is 18.4 Å². The van der Waals surface area contributed by atoms with Crippen molar-refractivity contribution in [1.82, 2.24) is 10.3 Å². The van der Waals surface area contributed by atoms with Gasteiger partial charge in [-0.05, 0) is 31.0 Å². The van der Waals surface area contributed by atoms with Gasteiger partial charge in [-0.3, -0.25) is 9.19 Å². The summed E-state index contributed by atoms with van der Waals surface area (Å²) in [6.07, 6.45) is 5.92. The lowest BCUT2D eigenvalue weighted by Crippen LogP contribution is -2.27. The van der Waals surface area contributed by atoms with Crippen LogP contribution in [0.15, 0.2) is 24.5 Å². The third-order valence-corrected chi connectivity index (χ3v) is 4.03. The van der Waals surface area contributed by atoms with E-state index in [0.29, 0.717) is 11.8 Å². The average molecular weight is 224 g/mol. The summed E-state index contributed by atoms with van der Waals surface area (Å²) in [7, 11) is -0.763. The lowest BCUT2D eigenvalue weighted by Gasteiger charge is -2.09. The number of aromatic nitrogens is 1. The molecule has 3 nitrogen and oxygen atoms in total. The minimum atomic E-state index is -0.763. The Balaban J connectivity index is 1.82. The van der Waals surface area contributed by atoms with Crippen molar-refractivity contribution in [2.45, 2.75) is 24.6 Å². The highest BCUT2D eigenvalue weighted by Crippen LogP contribution is 2.08. The molecule has 2 rings (SSSR count). The van der Waals surface area contributed by atoms with Crippen LogP contribution < -0.4 is 5.32 Å². The summed E-state index contributed by atoms with van der Waals surface area (Å²) in [6.45, 7) is 1.08. The summed E-state index contributed by atoms with van der Waals surface area (Å²) in [5.41, 5.74) is 1.06. The molecule has 0 radical (unpaired) electrons. The Hall–Kier alpha value is -0.740. The first-order valence-electron chi connectivity index (χ1n) is 5.32. The second-order valence-electron chi connectivity index (χ2n) is 3.91. The van der Waals surface area contributed by atoms with Crippen LogP contribution in [0.2, 0.25) is 0 Å². The van der Waals surface area contributed by atoms with E-state index in [0.717, 1.165) is 17.9 Å². The van der Waals surface area contributed by atoms with Crippen LogP contribution in [-0.4, -0.2) is 27.5 Å². The monoisotopic (exact) mass is 224 g/mol. The summed E-state index contributed by atoms with van der Waals surface area (Å²) in [6, 6.07) is 4.33. The molecular weight excluding hydrogens is 208 g/mol. The zero-order valence-electron chi connectivity index (χ0n) is 8.69. The molecule has 82 valence electrons. The Labute approximate surface area is 92.8 Å². The summed E-state index contributed by atoms with van der Waals surface area (Å²) in [5, 5.41) is 3.36. The van der Waals surface area contributed by atoms with Gasteiger partial charge in [0, 0.05) is 35.0 Å². The number of hydrogen-bond acceptors (Lipinski definition) is 3. The predicted molar refractivity (Wildman–Crippen MR) is 62.0 cm³/mol. The number of pyridine rings is 1. The Morgan fingerprint density at radius 1 is 1.60 bits per heavy atom. The SMILES string of the molecule is O=[S@@](Cc1cccnc1)C[C@@H]1CCCN1. The fourth-order valence-electron chi connectivity index (χ4n) is 1.85. The zero-order valence-corrected chi connectivity index (χ0v) is 9.50. The van der Waals surface area contributed by atoms with E-state index in [9.17, 15) is 4.21 Å². The van der Waals surface area contributed by atoms with Gasteiger partial charge in [-0.25, -0.2) is 0 Å². The van der Waals surface area contributed by atoms with Crippen molar-refractivity contribution in [3.63, 3.8) is 0 Å². The fourth-order valence-corrected chi connectivity index (χ4v) is 3.25. The number of hydrogen-bond donors (Lipinski definition) is 1. The first-order chi connectivity index (χ1) is 7.34. The van der Waals surface area contributed by atoms with Crippen molar-refractivity contribution in [3.8, 4) is 0 Å². The smallest absolute Gasteiger partial charge is 0.0501 e. The first-order valence-corrected chi connectivity index (χ1v) is 6.80. The predicted octanol–water partition coefficient (Wildman–Crippen LogP) is 1.08. The summed E-state index contributed by atoms with van der Waals surface area (Å²) in [4.78, 5) is 4.02. The molecule has 1 fully saturated rings. The van der Waals surface area contributed by atoms with Gasteiger partial charge >= 0.3 is 0 Å². The van der Waals surface area contributed by atoms with E-state index >= 15 is 0 Å². The average Bonchev–Trinajstić information content (AvgIpc) is 2.71. The van der Waals surface area contributed by atoms with Crippen LogP contribution in [0.4, 0.5) is 0 Å². The molecule has 0 unspecified atom stereocenters. The molecule has 1 aliphatic rings. The fraction of sp³-hybridized carbons (Fsp3) is 0.545. The lowest BCUT2D eigenvalue weighted by atomic mass is 10.3. The van der Waals surface area contributed by atoms with Gasteiger partial charge in [0.1, 0.15) is 0 Å². The standard InChI is InChI=1S/C11H16N2OS/c14-15(9-11-4-2-6-13-11)8-10-3-1-5-12-7-10/h1,3,5,7,11,13H,2,4,6,8-9H2/t11-,15-/m0/s1. The Kier molecular flexibility index (Phi) is 3.86. The van der Waals surface area contributed by atoms with Gasteiger partial charge < -0.3 is 5.32 Å². The van der Waals surface area contributed by atoms with Crippen molar-refractivity contribution < 1.29 is 4.21 Å². The first kappa shape index (κ1) is 10.8. The normalized spacial score (nSPS) is 22.8. The van der Waals surface area contributed by atoms with Crippen molar-refractivity contribution in [2.24, 2.45) is 0 Å². The van der Waals surface area contributed by atoms with Crippen molar-refractivity contribution >= 4 is 10.8 Å². The third-order valence-electron chi connectivity index (χ3n) is 2.60. The maximum atomic E-state index is 11.8. The van der Waals surface area contributed by atoms with Crippen LogP contribution in [0.5, 0.6) is 0 Å². The van der Waals surface area contributed by atoms with E-state index in [1.165, 1.54) is 12.8 Å². The van der Waals surface area contributed by atoms with Gasteiger partial charge in [-0.2, -0.15) is 0 Å². The van der Waals surface area contributed by atoms with Crippen LogP contribution in [-0.2, 0) is 16.6 Å². The second-order valence-corrected chi connectivity index (χ2v) is 5.41. The molecule has 0 spiro atoms. The minimum Gasteiger partial charge on any atom is -0.313 e. The summed E-state index contributed by atoms with van der Waals surface area (Å²) < 4.78 is 11.8. The molecule has 0 aromatic carbocycles. The van der Waals surface area contributed by atoms with E-state index in [1.807, 2.05) is 12.1 Å². The number of rotatable bonds is 4. The molecule has 0 bridgehead atoms. The molecule has 4 heteroatoms.